The Morgan fingerprint density at radius 3 is 2.31 bits per heavy atom. The Bertz CT molecular complexity index is 415. The maximum Gasteiger partial charge on any atom is 1.00 e. The molecule has 2 aliphatic rings. The molecule has 0 saturated heterocycles. The third-order valence-corrected chi connectivity index (χ3v) is 5.41. The summed E-state index contributed by atoms with van der Waals surface area (Å²) in [6, 6.07) is 0. The summed E-state index contributed by atoms with van der Waals surface area (Å²) >= 11 is 0. The molecular weight excluding hydrogens is 223 g/mol. The molecular formula is C10H15LiO4S. The molecule has 4 nitrogen and oxygen atoms in total. The second-order valence-corrected chi connectivity index (χ2v) is 6.77. The first-order valence-electron chi connectivity index (χ1n) is 5.16. The molecule has 2 fully saturated rings. The third kappa shape index (κ3) is 1.78. The second-order valence-electron chi connectivity index (χ2n) is 5.37. The molecule has 2 bridgehead atoms. The van der Waals surface area contributed by atoms with E-state index in [1.807, 2.05) is 13.8 Å². The maximum atomic E-state index is 11.8. The van der Waals surface area contributed by atoms with Crippen molar-refractivity contribution < 1.29 is 36.6 Å². The van der Waals surface area contributed by atoms with E-state index in [1.165, 1.54) is 0 Å². The van der Waals surface area contributed by atoms with Crippen molar-refractivity contribution in [3.05, 3.63) is 0 Å². The molecule has 2 aliphatic carbocycles. The first kappa shape index (κ1) is 14.2. The minimum Gasteiger partial charge on any atom is -0.748 e. The molecule has 2 unspecified atom stereocenters. The SMILES string of the molecule is CC1(C)C2CCC1(CS(=O)(=O)[O-])C(=O)C2.[Li+]. The van der Waals surface area contributed by atoms with Crippen LogP contribution >= 0.6 is 0 Å². The molecule has 0 aliphatic heterocycles. The molecule has 2 saturated carbocycles. The van der Waals surface area contributed by atoms with Crippen LogP contribution in [0.4, 0.5) is 0 Å². The van der Waals surface area contributed by atoms with Crippen molar-refractivity contribution in [2.24, 2.45) is 16.7 Å². The van der Waals surface area contributed by atoms with Crippen molar-refractivity contribution in [1.82, 2.24) is 0 Å². The maximum absolute atomic E-state index is 11.8. The number of carbonyl (C=O) groups excluding carboxylic acids is 1. The van der Waals surface area contributed by atoms with E-state index in [2.05, 4.69) is 0 Å². The van der Waals surface area contributed by atoms with Gasteiger partial charge in [-0.3, -0.25) is 4.79 Å². The Labute approximate surface area is 108 Å². The van der Waals surface area contributed by atoms with E-state index >= 15 is 0 Å². The molecule has 0 heterocycles. The average Bonchev–Trinajstić information content (AvgIpc) is 2.34. The van der Waals surface area contributed by atoms with E-state index in [0.29, 0.717) is 12.8 Å². The van der Waals surface area contributed by atoms with Crippen LogP contribution < -0.4 is 18.9 Å². The zero-order valence-electron chi connectivity index (χ0n) is 9.95. The van der Waals surface area contributed by atoms with Crippen molar-refractivity contribution in [3.63, 3.8) is 0 Å². The summed E-state index contributed by atoms with van der Waals surface area (Å²) in [5.74, 6) is -0.280. The number of hydrogen-bond acceptors (Lipinski definition) is 4. The van der Waals surface area contributed by atoms with Crippen molar-refractivity contribution in [1.29, 1.82) is 0 Å². The topological polar surface area (TPSA) is 74.3 Å². The summed E-state index contributed by atoms with van der Waals surface area (Å²) in [5, 5.41) is 0. The fourth-order valence-corrected chi connectivity index (χ4v) is 4.69. The van der Waals surface area contributed by atoms with Crippen molar-refractivity contribution in [3.8, 4) is 0 Å². The smallest absolute Gasteiger partial charge is 0.748 e. The van der Waals surface area contributed by atoms with Crippen LogP contribution in [0.1, 0.15) is 33.1 Å². The fourth-order valence-electron chi connectivity index (χ4n) is 3.41. The normalized spacial score (nSPS) is 36.2. The van der Waals surface area contributed by atoms with Crippen LogP contribution in [0.3, 0.4) is 0 Å². The summed E-state index contributed by atoms with van der Waals surface area (Å²) in [4.78, 5) is 11.8. The van der Waals surface area contributed by atoms with Crippen LogP contribution in [0.2, 0.25) is 0 Å². The summed E-state index contributed by atoms with van der Waals surface area (Å²) < 4.78 is 32.7. The molecule has 0 aromatic carbocycles. The second kappa shape index (κ2) is 3.84. The van der Waals surface area contributed by atoms with Gasteiger partial charge in [-0.15, -0.1) is 0 Å². The molecule has 2 rings (SSSR count). The van der Waals surface area contributed by atoms with Gasteiger partial charge >= 0.3 is 18.9 Å². The Morgan fingerprint density at radius 1 is 1.44 bits per heavy atom. The van der Waals surface area contributed by atoms with Gasteiger partial charge in [0.2, 0.25) is 0 Å². The van der Waals surface area contributed by atoms with Gasteiger partial charge in [-0.2, -0.15) is 0 Å². The van der Waals surface area contributed by atoms with Crippen molar-refractivity contribution >= 4 is 15.9 Å². The number of carbonyl (C=O) groups is 1. The van der Waals surface area contributed by atoms with Gasteiger partial charge in [-0.05, 0) is 24.2 Å². The summed E-state index contributed by atoms with van der Waals surface area (Å²) in [6.07, 6.45) is 1.88. The van der Waals surface area contributed by atoms with E-state index in [-0.39, 0.29) is 36.0 Å². The molecule has 0 N–H and O–H groups in total. The van der Waals surface area contributed by atoms with Crippen LogP contribution in [0, 0.1) is 16.7 Å². The van der Waals surface area contributed by atoms with Crippen molar-refractivity contribution in [2.45, 2.75) is 33.1 Å². The van der Waals surface area contributed by atoms with Crippen LogP contribution in [0.25, 0.3) is 0 Å². The van der Waals surface area contributed by atoms with Gasteiger partial charge < -0.3 is 4.55 Å². The Morgan fingerprint density at radius 2 is 2.00 bits per heavy atom. The zero-order valence-corrected chi connectivity index (χ0v) is 10.8. The number of fused-ring (bicyclic) bond motifs is 2. The fraction of sp³-hybridized carbons (Fsp3) is 0.900. The predicted molar refractivity (Wildman–Crippen MR) is 53.1 cm³/mol. The van der Waals surface area contributed by atoms with Crippen LogP contribution in [0.15, 0.2) is 0 Å². The molecule has 16 heavy (non-hydrogen) atoms. The third-order valence-electron chi connectivity index (χ3n) is 4.56. The van der Waals surface area contributed by atoms with Crippen LogP contribution in [-0.2, 0) is 14.9 Å². The molecule has 0 amide bonds. The molecule has 86 valence electrons. The zero-order chi connectivity index (χ0) is 11.5. The number of hydrogen-bond donors (Lipinski definition) is 0. The summed E-state index contributed by atoms with van der Waals surface area (Å²) in [5.41, 5.74) is -1.22. The van der Waals surface area contributed by atoms with E-state index in [9.17, 15) is 17.8 Å². The van der Waals surface area contributed by atoms with Gasteiger partial charge in [0.1, 0.15) is 5.78 Å². The Hall–Kier alpha value is 0.177. The van der Waals surface area contributed by atoms with Crippen LogP contribution in [0.5, 0.6) is 0 Å². The minimum absolute atomic E-state index is 0. The molecule has 0 radical (unpaired) electrons. The van der Waals surface area contributed by atoms with Gasteiger partial charge in [0.25, 0.3) is 0 Å². The Kier molecular flexibility index (Phi) is 3.42. The number of rotatable bonds is 2. The van der Waals surface area contributed by atoms with E-state index in [1.54, 1.807) is 0 Å². The van der Waals surface area contributed by atoms with Gasteiger partial charge in [0, 0.05) is 11.8 Å². The summed E-state index contributed by atoms with van der Waals surface area (Å²) in [6.45, 7) is 3.83. The van der Waals surface area contributed by atoms with Crippen molar-refractivity contribution in [2.75, 3.05) is 5.75 Å². The standard InChI is InChI=1S/C10H16O4S.Li/c1-9(2)7-3-4-10(9,8(11)5-7)6-15(12,13)14;/h7H,3-6H2,1-2H3,(H,12,13,14);/q;+1/p-1. The average molecular weight is 238 g/mol. The van der Waals surface area contributed by atoms with Gasteiger partial charge in [-0.1, -0.05) is 13.8 Å². The molecule has 6 heteroatoms. The van der Waals surface area contributed by atoms with Gasteiger partial charge in [-0.25, -0.2) is 8.42 Å². The van der Waals surface area contributed by atoms with Crippen LogP contribution in [-0.4, -0.2) is 24.5 Å². The van der Waals surface area contributed by atoms with E-state index in [4.69, 9.17) is 0 Å². The molecule has 2 atom stereocenters. The first-order chi connectivity index (χ1) is 6.69. The monoisotopic (exact) mass is 238 g/mol. The van der Waals surface area contributed by atoms with E-state index in [0.717, 1.165) is 6.42 Å². The van der Waals surface area contributed by atoms with Gasteiger partial charge in [0.05, 0.1) is 15.9 Å². The first-order valence-corrected chi connectivity index (χ1v) is 6.74. The predicted octanol–water partition coefficient (Wildman–Crippen LogP) is -2.07. The largest absolute Gasteiger partial charge is 1.00 e. The quantitative estimate of drug-likeness (QED) is 0.409. The number of ketones is 1. The summed E-state index contributed by atoms with van der Waals surface area (Å²) in [7, 11) is -4.33. The minimum atomic E-state index is -4.33. The van der Waals surface area contributed by atoms with Gasteiger partial charge in [0.15, 0.2) is 0 Å². The number of Topliss-reactive ketones (excluding diaryl/α,β-unsaturated/α-hetero) is 1. The molecule has 0 aromatic heterocycles. The van der Waals surface area contributed by atoms with E-state index < -0.39 is 21.3 Å². The molecule has 0 spiro atoms. The Balaban J connectivity index is 0.00000128. The molecule has 0 aromatic rings.